The van der Waals surface area contributed by atoms with Crippen molar-refractivity contribution in [3.63, 3.8) is 0 Å². The summed E-state index contributed by atoms with van der Waals surface area (Å²) in [7, 11) is 0. The molecule has 1 rings (SSSR count). The normalized spacial score (nSPS) is 21.5. The molecule has 1 atom stereocenters. The van der Waals surface area contributed by atoms with Crippen molar-refractivity contribution in [3.8, 4) is 0 Å². The van der Waals surface area contributed by atoms with Crippen LogP contribution in [-0.2, 0) is 9.53 Å². The lowest BCUT2D eigenvalue weighted by Gasteiger charge is -2.22. The maximum Gasteiger partial charge on any atom is 0.314 e. The quantitative estimate of drug-likeness (QED) is 0.706. The third-order valence-corrected chi connectivity index (χ3v) is 2.63. The third kappa shape index (κ3) is 2.47. The van der Waals surface area contributed by atoms with Gasteiger partial charge in [-0.2, -0.15) is 0 Å². The summed E-state index contributed by atoms with van der Waals surface area (Å²) in [5.74, 6) is -0.234. The number of carbonyl (C=O) groups excluding carboxylic acids is 1. The van der Waals surface area contributed by atoms with E-state index in [1.165, 1.54) is 0 Å². The zero-order valence-corrected chi connectivity index (χ0v) is 9.46. The second kappa shape index (κ2) is 3.54. The van der Waals surface area contributed by atoms with Crippen molar-refractivity contribution in [1.29, 1.82) is 0 Å². The van der Waals surface area contributed by atoms with E-state index in [0.717, 1.165) is 12.8 Å². The molecule has 0 bridgehead atoms. The fourth-order valence-corrected chi connectivity index (χ4v) is 1.35. The Bertz CT molecular complexity index is 221. The standard InChI is InChI=1S/C11H20O3/c1-8(12)11(5-6-11)9(13)14-7-10(2,3)4/h8,12H,5-7H2,1-4H3. The summed E-state index contributed by atoms with van der Waals surface area (Å²) < 4.78 is 5.20. The van der Waals surface area contributed by atoms with Crippen molar-refractivity contribution in [2.75, 3.05) is 6.61 Å². The van der Waals surface area contributed by atoms with Crippen LogP contribution in [0.25, 0.3) is 0 Å². The van der Waals surface area contributed by atoms with Gasteiger partial charge >= 0.3 is 5.97 Å². The predicted molar refractivity (Wildman–Crippen MR) is 53.8 cm³/mol. The first-order valence-corrected chi connectivity index (χ1v) is 5.13. The minimum Gasteiger partial charge on any atom is -0.465 e. The smallest absolute Gasteiger partial charge is 0.314 e. The number of ether oxygens (including phenoxy) is 1. The number of rotatable bonds is 3. The Morgan fingerprint density at radius 1 is 1.50 bits per heavy atom. The van der Waals surface area contributed by atoms with Crippen LogP contribution in [0.4, 0.5) is 0 Å². The lowest BCUT2D eigenvalue weighted by atomic mass is 9.97. The summed E-state index contributed by atoms with van der Waals surface area (Å²) in [6.07, 6.45) is 0.927. The zero-order valence-electron chi connectivity index (χ0n) is 9.46. The summed E-state index contributed by atoms with van der Waals surface area (Å²) in [5.41, 5.74) is -0.588. The average molecular weight is 200 g/mol. The largest absolute Gasteiger partial charge is 0.465 e. The molecule has 1 aliphatic carbocycles. The van der Waals surface area contributed by atoms with Crippen LogP contribution in [0.15, 0.2) is 0 Å². The number of carbonyl (C=O) groups is 1. The molecule has 0 aliphatic heterocycles. The van der Waals surface area contributed by atoms with E-state index < -0.39 is 11.5 Å². The van der Waals surface area contributed by atoms with Crippen molar-refractivity contribution in [3.05, 3.63) is 0 Å². The highest BCUT2D eigenvalue weighted by Gasteiger charge is 2.55. The summed E-state index contributed by atoms with van der Waals surface area (Å²) in [6.45, 7) is 8.12. The van der Waals surface area contributed by atoms with Crippen molar-refractivity contribution >= 4 is 5.97 Å². The first-order valence-electron chi connectivity index (χ1n) is 5.13. The Morgan fingerprint density at radius 3 is 2.29 bits per heavy atom. The lowest BCUT2D eigenvalue weighted by molar-refractivity contribution is -0.157. The summed E-state index contributed by atoms with van der Waals surface area (Å²) >= 11 is 0. The topological polar surface area (TPSA) is 46.5 Å². The van der Waals surface area contributed by atoms with Gasteiger partial charge in [-0.1, -0.05) is 20.8 Å². The van der Waals surface area contributed by atoms with Crippen LogP contribution in [0.2, 0.25) is 0 Å². The average Bonchev–Trinajstić information content (AvgIpc) is 2.78. The molecule has 3 heteroatoms. The van der Waals surface area contributed by atoms with Crippen LogP contribution in [-0.4, -0.2) is 23.8 Å². The number of aliphatic hydroxyl groups excluding tert-OH is 1. The van der Waals surface area contributed by atoms with Gasteiger partial charge in [0.05, 0.1) is 18.1 Å². The number of aliphatic hydroxyl groups is 1. The highest BCUT2D eigenvalue weighted by atomic mass is 16.5. The van der Waals surface area contributed by atoms with Crippen LogP contribution >= 0.6 is 0 Å². The Hall–Kier alpha value is -0.570. The molecular weight excluding hydrogens is 180 g/mol. The van der Waals surface area contributed by atoms with Gasteiger partial charge in [0.25, 0.3) is 0 Å². The lowest BCUT2D eigenvalue weighted by Crippen LogP contribution is -2.31. The zero-order chi connectivity index (χ0) is 11.0. The van der Waals surface area contributed by atoms with Gasteiger partial charge in [-0.05, 0) is 25.2 Å². The van der Waals surface area contributed by atoms with Crippen LogP contribution in [0.3, 0.4) is 0 Å². The first kappa shape index (κ1) is 11.5. The van der Waals surface area contributed by atoms with Gasteiger partial charge < -0.3 is 9.84 Å². The molecule has 1 saturated carbocycles. The van der Waals surface area contributed by atoms with Crippen molar-refractivity contribution in [2.24, 2.45) is 10.8 Å². The molecule has 3 nitrogen and oxygen atoms in total. The summed E-state index contributed by atoms with van der Waals surface area (Å²) in [6, 6.07) is 0. The van der Waals surface area contributed by atoms with E-state index in [-0.39, 0.29) is 11.4 Å². The first-order chi connectivity index (χ1) is 6.28. The molecule has 0 heterocycles. The number of hydrogen-bond donors (Lipinski definition) is 1. The van der Waals surface area contributed by atoms with Crippen LogP contribution < -0.4 is 0 Å². The van der Waals surface area contributed by atoms with Crippen LogP contribution in [0.1, 0.15) is 40.5 Å². The molecule has 0 amide bonds. The summed E-state index contributed by atoms with van der Waals surface area (Å²) in [4.78, 5) is 11.6. The molecule has 1 unspecified atom stereocenters. The van der Waals surface area contributed by atoms with Gasteiger partial charge in [0.1, 0.15) is 0 Å². The van der Waals surface area contributed by atoms with E-state index in [0.29, 0.717) is 6.61 Å². The van der Waals surface area contributed by atoms with Gasteiger partial charge in [0.15, 0.2) is 0 Å². The summed E-state index contributed by atoms with van der Waals surface area (Å²) in [5, 5.41) is 9.44. The van der Waals surface area contributed by atoms with Crippen molar-refractivity contribution in [2.45, 2.75) is 46.6 Å². The van der Waals surface area contributed by atoms with E-state index in [4.69, 9.17) is 4.74 Å². The van der Waals surface area contributed by atoms with Gasteiger partial charge in [-0.25, -0.2) is 0 Å². The molecule has 0 saturated heterocycles. The highest BCUT2D eigenvalue weighted by Crippen LogP contribution is 2.49. The van der Waals surface area contributed by atoms with Gasteiger partial charge in [-0.15, -0.1) is 0 Å². The minimum atomic E-state index is -0.588. The van der Waals surface area contributed by atoms with Gasteiger partial charge in [0, 0.05) is 0 Å². The molecule has 0 aromatic carbocycles. The second-order valence-electron chi connectivity index (χ2n) is 5.47. The molecule has 0 aromatic heterocycles. The van der Waals surface area contributed by atoms with Gasteiger partial charge in [-0.3, -0.25) is 4.79 Å². The van der Waals surface area contributed by atoms with E-state index in [1.54, 1.807) is 6.92 Å². The number of esters is 1. The molecule has 82 valence electrons. The van der Waals surface area contributed by atoms with E-state index >= 15 is 0 Å². The Balaban J connectivity index is 2.44. The Kier molecular flexibility index (Phi) is 2.91. The second-order valence-corrected chi connectivity index (χ2v) is 5.47. The monoisotopic (exact) mass is 200 g/mol. The highest BCUT2D eigenvalue weighted by molar-refractivity contribution is 5.80. The van der Waals surface area contributed by atoms with Crippen LogP contribution in [0.5, 0.6) is 0 Å². The SMILES string of the molecule is CC(O)C1(C(=O)OCC(C)(C)C)CC1. The maximum atomic E-state index is 11.6. The minimum absolute atomic E-state index is 0.00949. The van der Waals surface area contributed by atoms with E-state index in [9.17, 15) is 9.90 Å². The third-order valence-electron chi connectivity index (χ3n) is 2.63. The van der Waals surface area contributed by atoms with Crippen molar-refractivity contribution in [1.82, 2.24) is 0 Å². The Labute approximate surface area is 85.5 Å². The molecule has 0 spiro atoms. The molecule has 0 radical (unpaired) electrons. The molecule has 0 aromatic rings. The molecule has 1 aliphatic rings. The molecule has 14 heavy (non-hydrogen) atoms. The number of hydrogen-bond acceptors (Lipinski definition) is 3. The van der Waals surface area contributed by atoms with E-state index in [1.807, 2.05) is 20.8 Å². The van der Waals surface area contributed by atoms with Gasteiger partial charge in [0.2, 0.25) is 0 Å². The Morgan fingerprint density at radius 2 is 2.00 bits per heavy atom. The molecule has 1 fully saturated rings. The van der Waals surface area contributed by atoms with Crippen molar-refractivity contribution < 1.29 is 14.6 Å². The molecule has 1 N–H and O–H groups in total. The maximum absolute atomic E-state index is 11.6. The fraction of sp³-hybridized carbons (Fsp3) is 0.909. The van der Waals surface area contributed by atoms with Crippen LogP contribution in [0, 0.1) is 10.8 Å². The van der Waals surface area contributed by atoms with E-state index in [2.05, 4.69) is 0 Å². The predicted octanol–water partition coefficient (Wildman–Crippen LogP) is 1.74. The molecular formula is C11H20O3. The fourth-order valence-electron chi connectivity index (χ4n) is 1.35.